The van der Waals surface area contributed by atoms with Crippen LogP contribution < -0.4 is 5.32 Å². The summed E-state index contributed by atoms with van der Waals surface area (Å²) in [5.41, 5.74) is 3.27. The molecule has 0 unspecified atom stereocenters. The second-order valence-corrected chi connectivity index (χ2v) is 5.97. The summed E-state index contributed by atoms with van der Waals surface area (Å²) in [4.78, 5) is 12.0. The van der Waals surface area contributed by atoms with Gasteiger partial charge in [-0.05, 0) is 36.2 Å². The van der Waals surface area contributed by atoms with E-state index >= 15 is 0 Å². The Kier molecular flexibility index (Phi) is 3.78. The van der Waals surface area contributed by atoms with Crippen LogP contribution in [0.4, 0.5) is 10.2 Å². The van der Waals surface area contributed by atoms with Gasteiger partial charge in [-0.3, -0.25) is 0 Å². The number of nitrogens with zero attached hydrogens (tertiary/aromatic N) is 2. The number of nitrogens with one attached hydrogen (secondary N) is 2. The van der Waals surface area contributed by atoms with E-state index in [1.807, 2.05) is 24.3 Å². The summed E-state index contributed by atoms with van der Waals surface area (Å²) < 4.78 is 13.7. The van der Waals surface area contributed by atoms with Crippen molar-refractivity contribution >= 4 is 39.4 Å². The lowest BCUT2D eigenvalue weighted by molar-refractivity contribution is 0.610. The van der Waals surface area contributed by atoms with E-state index in [1.165, 1.54) is 12.4 Å². The van der Waals surface area contributed by atoms with Crippen LogP contribution in [0.3, 0.4) is 0 Å². The third-order valence-corrected chi connectivity index (χ3v) is 4.22. The van der Waals surface area contributed by atoms with Gasteiger partial charge in [-0.25, -0.2) is 14.4 Å². The monoisotopic (exact) mass is 340 g/mol. The molecular weight excluding hydrogens is 327 g/mol. The van der Waals surface area contributed by atoms with Crippen LogP contribution in [-0.4, -0.2) is 21.5 Å². The first kappa shape index (κ1) is 14.9. The van der Waals surface area contributed by atoms with E-state index in [1.54, 1.807) is 12.1 Å². The maximum absolute atomic E-state index is 13.7. The van der Waals surface area contributed by atoms with E-state index in [-0.39, 0.29) is 5.82 Å². The van der Waals surface area contributed by atoms with E-state index < -0.39 is 0 Å². The molecule has 6 heteroatoms. The Bertz CT molecular complexity index is 1030. The van der Waals surface area contributed by atoms with E-state index in [0.717, 1.165) is 21.9 Å². The Morgan fingerprint density at radius 3 is 2.88 bits per heavy atom. The van der Waals surface area contributed by atoms with Gasteiger partial charge in [-0.2, -0.15) is 0 Å². The van der Waals surface area contributed by atoms with Crippen molar-refractivity contribution in [3.8, 4) is 0 Å². The minimum absolute atomic E-state index is 0.188. The summed E-state index contributed by atoms with van der Waals surface area (Å²) in [7, 11) is 0. The van der Waals surface area contributed by atoms with Gasteiger partial charge in [0.2, 0.25) is 0 Å². The molecule has 120 valence electrons. The molecule has 2 aromatic heterocycles. The van der Waals surface area contributed by atoms with E-state index in [9.17, 15) is 4.39 Å². The molecule has 0 fully saturated rings. The summed E-state index contributed by atoms with van der Waals surface area (Å²) in [5, 5.41) is 4.88. The molecule has 0 aliphatic carbocycles. The minimum atomic E-state index is -0.188. The summed E-state index contributed by atoms with van der Waals surface area (Å²) in [6.07, 6.45) is 2.09. The van der Waals surface area contributed by atoms with Crippen molar-refractivity contribution in [2.75, 3.05) is 11.9 Å². The minimum Gasteiger partial charge on any atom is -0.368 e. The second-order valence-electron chi connectivity index (χ2n) is 5.53. The summed E-state index contributed by atoms with van der Waals surface area (Å²) in [6.45, 7) is 0.573. The summed E-state index contributed by atoms with van der Waals surface area (Å²) in [6, 6.07) is 12.4. The van der Waals surface area contributed by atoms with Crippen LogP contribution in [0.5, 0.6) is 0 Å². The predicted octanol–water partition coefficient (Wildman–Crippen LogP) is 4.56. The van der Waals surface area contributed by atoms with Crippen molar-refractivity contribution < 1.29 is 4.39 Å². The fraction of sp³-hybridized carbons (Fsp3) is 0.111. The fourth-order valence-corrected chi connectivity index (χ4v) is 2.99. The predicted molar refractivity (Wildman–Crippen MR) is 95.0 cm³/mol. The van der Waals surface area contributed by atoms with Crippen LogP contribution in [0.15, 0.2) is 48.8 Å². The highest BCUT2D eigenvalue weighted by Crippen LogP contribution is 2.29. The Morgan fingerprint density at radius 1 is 1.12 bits per heavy atom. The molecule has 0 saturated carbocycles. The molecule has 2 heterocycles. The van der Waals surface area contributed by atoms with E-state index in [4.69, 9.17) is 11.6 Å². The zero-order chi connectivity index (χ0) is 16.5. The van der Waals surface area contributed by atoms with Crippen molar-refractivity contribution in [2.24, 2.45) is 0 Å². The molecule has 0 saturated heterocycles. The smallest absolute Gasteiger partial charge is 0.153 e. The highest BCUT2D eigenvalue weighted by Gasteiger charge is 2.11. The highest BCUT2D eigenvalue weighted by molar-refractivity contribution is 6.31. The fourth-order valence-electron chi connectivity index (χ4n) is 2.82. The van der Waals surface area contributed by atoms with Gasteiger partial charge in [0.25, 0.3) is 0 Å². The topological polar surface area (TPSA) is 53.6 Å². The van der Waals surface area contributed by atoms with Gasteiger partial charge >= 0.3 is 0 Å². The lowest BCUT2D eigenvalue weighted by Crippen LogP contribution is -2.08. The summed E-state index contributed by atoms with van der Waals surface area (Å²) in [5.74, 6) is 0.510. The van der Waals surface area contributed by atoms with Crippen LogP contribution >= 0.6 is 11.6 Å². The number of halogens is 2. The molecular formula is C18H14ClFN4. The number of aromatic amines is 1. The van der Waals surface area contributed by atoms with Crippen LogP contribution in [0.25, 0.3) is 21.9 Å². The highest BCUT2D eigenvalue weighted by atomic mass is 35.5. The van der Waals surface area contributed by atoms with Gasteiger partial charge < -0.3 is 10.3 Å². The molecule has 4 rings (SSSR count). The number of anilines is 1. The summed E-state index contributed by atoms with van der Waals surface area (Å²) >= 11 is 6.07. The first-order valence-corrected chi connectivity index (χ1v) is 7.99. The number of benzene rings is 2. The SMILES string of the molecule is Fc1ccccc1CCNc1ncnc2c1[nH]c1ccc(Cl)cc12. The Labute approximate surface area is 142 Å². The largest absolute Gasteiger partial charge is 0.368 e. The first-order valence-electron chi connectivity index (χ1n) is 7.61. The lowest BCUT2D eigenvalue weighted by atomic mass is 10.1. The number of rotatable bonds is 4. The maximum atomic E-state index is 13.7. The van der Waals surface area contributed by atoms with E-state index in [0.29, 0.717) is 29.4 Å². The van der Waals surface area contributed by atoms with Crippen molar-refractivity contribution in [1.29, 1.82) is 0 Å². The van der Waals surface area contributed by atoms with Crippen molar-refractivity contribution in [1.82, 2.24) is 15.0 Å². The van der Waals surface area contributed by atoms with Crippen LogP contribution in [0.1, 0.15) is 5.56 Å². The molecule has 0 bridgehead atoms. The number of fused-ring (bicyclic) bond motifs is 3. The third-order valence-electron chi connectivity index (χ3n) is 3.99. The Balaban J connectivity index is 1.62. The van der Waals surface area contributed by atoms with Gasteiger partial charge in [-0.15, -0.1) is 0 Å². The van der Waals surface area contributed by atoms with Crippen LogP contribution in [0, 0.1) is 5.82 Å². The van der Waals surface area contributed by atoms with Crippen LogP contribution in [-0.2, 0) is 6.42 Å². The molecule has 0 aliphatic rings. The first-order chi connectivity index (χ1) is 11.7. The quantitative estimate of drug-likeness (QED) is 0.572. The molecule has 0 spiro atoms. The third kappa shape index (κ3) is 2.67. The number of hydrogen-bond donors (Lipinski definition) is 2. The van der Waals surface area contributed by atoms with Crippen molar-refractivity contribution in [3.63, 3.8) is 0 Å². The van der Waals surface area contributed by atoms with Gasteiger partial charge in [-0.1, -0.05) is 29.8 Å². The average molecular weight is 341 g/mol. The molecule has 4 nitrogen and oxygen atoms in total. The molecule has 0 amide bonds. The number of aromatic nitrogens is 3. The molecule has 0 aliphatic heterocycles. The normalized spacial score (nSPS) is 11.2. The lowest BCUT2D eigenvalue weighted by Gasteiger charge is -2.07. The average Bonchev–Trinajstić information content (AvgIpc) is 2.95. The number of hydrogen-bond acceptors (Lipinski definition) is 3. The zero-order valence-electron chi connectivity index (χ0n) is 12.7. The van der Waals surface area contributed by atoms with Gasteiger partial charge in [0.1, 0.15) is 23.2 Å². The van der Waals surface area contributed by atoms with Crippen LogP contribution in [0.2, 0.25) is 5.02 Å². The zero-order valence-corrected chi connectivity index (χ0v) is 13.4. The van der Waals surface area contributed by atoms with Gasteiger partial charge in [0, 0.05) is 22.5 Å². The Hall–Kier alpha value is -2.66. The Morgan fingerprint density at radius 2 is 2.00 bits per heavy atom. The van der Waals surface area contributed by atoms with Gasteiger partial charge in [0.05, 0.1) is 0 Å². The standard InChI is InChI=1S/C18H14ClFN4/c19-12-5-6-15-13(9-12)16-17(24-15)18(23-10-22-16)21-8-7-11-3-1-2-4-14(11)20/h1-6,9-10,24H,7-8H2,(H,21,22,23). The number of H-pyrrole nitrogens is 1. The van der Waals surface area contributed by atoms with E-state index in [2.05, 4.69) is 20.3 Å². The molecule has 24 heavy (non-hydrogen) atoms. The van der Waals surface area contributed by atoms with Crippen molar-refractivity contribution in [3.05, 3.63) is 65.2 Å². The molecule has 0 atom stereocenters. The molecule has 0 radical (unpaired) electrons. The molecule has 2 N–H and O–H groups in total. The second kappa shape index (κ2) is 6.09. The molecule has 2 aromatic carbocycles. The maximum Gasteiger partial charge on any atom is 0.153 e. The molecule has 4 aromatic rings. The van der Waals surface area contributed by atoms with Gasteiger partial charge in [0.15, 0.2) is 5.82 Å². The van der Waals surface area contributed by atoms with Crippen molar-refractivity contribution in [2.45, 2.75) is 6.42 Å².